The molecule has 1 atom stereocenters. The number of nitrogens with one attached hydrogen (secondary N) is 1. The van der Waals surface area contributed by atoms with Crippen molar-refractivity contribution in [3.63, 3.8) is 0 Å². The molecule has 27 heavy (non-hydrogen) atoms. The second-order valence-corrected chi connectivity index (χ2v) is 7.54. The number of hydrogen-bond donors (Lipinski definition) is 1. The lowest BCUT2D eigenvalue weighted by molar-refractivity contribution is -0.115. The van der Waals surface area contributed by atoms with Crippen molar-refractivity contribution < 1.29 is 9.53 Å². The van der Waals surface area contributed by atoms with Gasteiger partial charge in [0.15, 0.2) is 11.0 Å². The van der Waals surface area contributed by atoms with Crippen LogP contribution in [0.15, 0.2) is 53.7 Å². The molecule has 1 N–H and O–H groups in total. The molecule has 0 aliphatic carbocycles. The lowest BCUT2D eigenvalue weighted by Gasteiger charge is -2.12. The van der Waals surface area contributed by atoms with E-state index in [1.165, 1.54) is 11.8 Å². The van der Waals surface area contributed by atoms with Crippen LogP contribution in [-0.2, 0) is 11.8 Å². The second-order valence-electron chi connectivity index (χ2n) is 5.83. The molecule has 0 bridgehead atoms. The standard InChI is InChI=1S/C19H19ClN4O2S/c1-12(18(25)21-13-7-6-8-14(11-13)26-3)27-19-23-22-17(24(19)2)15-9-4-5-10-16(15)20/h4-12H,1-3H3,(H,21,25)/t12-/m0/s1. The van der Waals surface area contributed by atoms with E-state index in [1.54, 1.807) is 13.2 Å². The van der Waals surface area contributed by atoms with Crippen LogP contribution in [0.4, 0.5) is 5.69 Å². The fourth-order valence-electron chi connectivity index (χ4n) is 2.45. The first kappa shape index (κ1) is 19.3. The number of carbonyl (C=O) groups excluding carboxylic acids is 1. The zero-order chi connectivity index (χ0) is 19.4. The van der Waals surface area contributed by atoms with Gasteiger partial charge in [-0.1, -0.05) is 41.6 Å². The number of amides is 1. The summed E-state index contributed by atoms with van der Waals surface area (Å²) >= 11 is 7.58. The Hall–Kier alpha value is -2.51. The van der Waals surface area contributed by atoms with Crippen molar-refractivity contribution >= 4 is 35.0 Å². The largest absolute Gasteiger partial charge is 0.497 e. The van der Waals surface area contributed by atoms with Crippen molar-refractivity contribution in [1.29, 1.82) is 0 Å². The fourth-order valence-corrected chi connectivity index (χ4v) is 3.49. The molecule has 0 saturated carbocycles. The molecule has 0 aliphatic heterocycles. The van der Waals surface area contributed by atoms with E-state index in [9.17, 15) is 4.79 Å². The lowest BCUT2D eigenvalue weighted by Crippen LogP contribution is -2.22. The van der Waals surface area contributed by atoms with Gasteiger partial charge < -0.3 is 14.6 Å². The van der Waals surface area contributed by atoms with E-state index < -0.39 is 0 Å². The summed E-state index contributed by atoms with van der Waals surface area (Å²) in [6, 6.07) is 14.7. The SMILES string of the molecule is COc1cccc(NC(=O)[C@H](C)Sc2nnc(-c3ccccc3Cl)n2C)c1. The van der Waals surface area contributed by atoms with Crippen LogP contribution < -0.4 is 10.1 Å². The van der Waals surface area contributed by atoms with E-state index in [2.05, 4.69) is 15.5 Å². The van der Waals surface area contributed by atoms with Gasteiger partial charge in [-0.2, -0.15) is 0 Å². The average Bonchev–Trinajstić information content (AvgIpc) is 3.02. The molecule has 3 aromatic rings. The number of ether oxygens (including phenoxy) is 1. The molecule has 1 heterocycles. The average molecular weight is 403 g/mol. The maximum Gasteiger partial charge on any atom is 0.237 e. The van der Waals surface area contributed by atoms with E-state index in [-0.39, 0.29) is 11.2 Å². The molecular weight excluding hydrogens is 384 g/mol. The first-order valence-corrected chi connectivity index (χ1v) is 9.51. The van der Waals surface area contributed by atoms with Gasteiger partial charge in [0.05, 0.1) is 17.4 Å². The Labute approximate surface area is 166 Å². The monoisotopic (exact) mass is 402 g/mol. The topological polar surface area (TPSA) is 69.0 Å². The number of hydrogen-bond acceptors (Lipinski definition) is 5. The molecule has 140 valence electrons. The van der Waals surface area contributed by atoms with Crippen molar-refractivity contribution in [2.45, 2.75) is 17.3 Å². The van der Waals surface area contributed by atoms with Crippen LogP contribution in [0.2, 0.25) is 5.02 Å². The maximum atomic E-state index is 12.5. The molecule has 0 unspecified atom stereocenters. The Morgan fingerprint density at radius 1 is 1.22 bits per heavy atom. The van der Waals surface area contributed by atoms with Crippen LogP contribution >= 0.6 is 23.4 Å². The van der Waals surface area contributed by atoms with Crippen LogP contribution in [0.5, 0.6) is 5.75 Å². The zero-order valence-electron chi connectivity index (χ0n) is 15.1. The molecule has 8 heteroatoms. The van der Waals surface area contributed by atoms with Crippen molar-refractivity contribution in [2.24, 2.45) is 7.05 Å². The Kier molecular flexibility index (Phi) is 6.03. The summed E-state index contributed by atoms with van der Waals surface area (Å²) < 4.78 is 7.01. The Morgan fingerprint density at radius 3 is 2.74 bits per heavy atom. The quantitative estimate of drug-likeness (QED) is 0.624. The summed E-state index contributed by atoms with van der Waals surface area (Å²) in [5.74, 6) is 1.21. The van der Waals surface area contributed by atoms with Gasteiger partial charge >= 0.3 is 0 Å². The number of nitrogens with zero attached hydrogens (tertiary/aromatic N) is 3. The Bertz CT molecular complexity index is 960. The third-order valence-corrected chi connectivity index (χ3v) is 5.40. The van der Waals surface area contributed by atoms with Gasteiger partial charge in [0.25, 0.3) is 0 Å². The number of halogens is 1. The molecule has 1 amide bonds. The highest BCUT2D eigenvalue weighted by molar-refractivity contribution is 8.00. The third kappa shape index (κ3) is 4.43. The zero-order valence-corrected chi connectivity index (χ0v) is 16.7. The van der Waals surface area contributed by atoms with Gasteiger partial charge in [-0.25, -0.2) is 0 Å². The molecular formula is C19H19ClN4O2S. The summed E-state index contributed by atoms with van der Waals surface area (Å²) in [5.41, 5.74) is 1.48. The van der Waals surface area contributed by atoms with E-state index in [0.717, 1.165) is 5.56 Å². The maximum absolute atomic E-state index is 12.5. The second kappa shape index (κ2) is 8.45. The summed E-state index contributed by atoms with van der Waals surface area (Å²) in [6.45, 7) is 1.82. The van der Waals surface area contributed by atoms with Gasteiger partial charge in [-0.05, 0) is 31.2 Å². The highest BCUT2D eigenvalue weighted by Crippen LogP contribution is 2.30. The number of carbonyl (C=O) groups is 1. The van der Waals surface area contributed by atoms with Crippen LogP contribution in [0, 0.1) is 0 Å². The summed E-state index contributed by atoms with van der Waals surface area (Å²) in [5, 5.41) is 12.2. The predicted octanol–water partition coefficient (Wildman–Crippen LogP) is 4.26. The molecule has 3 rings (SSSR count). The van der Waals surface area contributed by atoms with Gasteiger partial charge in [0.2, 0.25) is 5.91 Å². The molecule has 0 spiro atoms. The number of thioether (sulfide) groups is 1. The Balaban J connectivity index is 1.71. The van der Waals surface area contributed by atoms with Gasteiger partial charge in [0.1, 0.15) is 5.75 Å². The third-order valence-electron chi connectivity index (χ3n) is 3.94. The smallest absolute Gasteiger partial charge is 0.237 e. The summed E-state index contributed by atoms with van der Waals surface area (Å²) in [7, 11) is 3.44. The first-order chi connectivity index (χ1) is 13.0. The van der Waals surface area contributed by atoms with Crippen molar-refractivity contribution in [3.05, 3.63) is 53.6 Å². The van der Waals surface area contributed by atoms with Crippen LogP contribution in [-0.4, -0.2) is 33.0 Å². The summed E-state index contributed by atoms with van der Waals surface area (Å²) in [4.78, 5) is 12.5. The van der Waals surface area contributed by atoms with Gasteiger partial charge in [-0.15, -0.1) is 10.2 Å². The minimum Gasteiger partial charge on any atom is -0.497 e. The number of rotatable bonds is 6. The van der Waals surface area contributed by atoms with Crippen molar-refractivity contribution in [3.8, 4) is 17.1 Å². The lowest BCUT2D eigenvalue weighted by atomic mass is 10.2. The van der Waals surface area contributed by atoms with Crippen molar-refractivity contribution in [2.75, 3.05) is 12.4 Å². The number of benzene rings is 2. The number of anilines is 1. The first-order valence-electron chi connectivity index (χ1n) is 8.25. The fraction of sp³-hybridized carbons (Fsp3) is 0.211. The normalized spacial score (nSPS) is 11.9. The molecule has 2 aromatic carbocycles. The van der Waals surface area contributed by atoms with E-state index in [1.807, 2.05) is 61.0 Å². The number of methoxy groups -OCH3 is 1. The van der Waals surface area contributed by atoms with E-state index in [4.69, 9.17) is 16.3 Å². The highest BCUT2D eigenvalue weighted by atomic mass is 35.5. The molecule has 6 nitrogen and oxygen atoms in total. The van der Waals surface area contributed by atoms with Gasteiger partial charge in [0, 0.05) is 24.4 Å². The molecule has 0 saturated heterocycles. The summed E-state index contributed by atoms with van der Waals surface area (Å²) in [6.07, 6.45) is 0. The van der Waals surface area contributed by atoms with Crippen LogP contribution in [0.1, 0.15) is 6.92 Å². The molecule has 0 radical (unpaired) electrons. The van der Waals surface area contributed by atoms with E-state index >= 15 is 0 Å². The van der Waals surface area contributed by atoms with Gasteiger partial charge in [-0.3, -0.25) is 4.79 Å². The molecule has 0 fully saturated rings. The minimum absolute atomic E-state index is 0.129. The van der Waals surface area contributed by atoms with Crippen LogP contribution in [0.25, 0.3) is 11.4 Å². The van der Waals surface area contributed by atoms with Crippen LogP contribution in [0.3, 0.4) is 0 Å². The minimum atomic E-state index is -0.363. The number of aromatic nitrogens is 3. The van der Waals surface area contributed by atoms with Crippen molar-refractivity contribution in [1.82, 2.24) is 14.8 Å². The Morgan fingerprint density at radius 2 is 2.00 bits per heavy atom. The predicted molar refractivity (Wildman–Crippen MR) is 108 cm³/mol. The van der Waals surface area contributed by atoms with E-state index in [0.29, 0.717) is 27.4 Å². The molecule has 1 aromatic heterocycles. The highest BCUT2D eigenvalue weighted by Gasteiger charge is 2.20. The molecule has 0 aliphatic rings.